The second-order valence-corrected chi connectivity index (χ2v) is 8.30. The number of aromatic nitrogens is 1. The molecule has 0 aliphatic carbocycles. The highest BCUT2D eigenvalue weighted by Crippen LogP contribution is 2.35. The van der Waals surface area contributed by atoms with E-state index in [1.54, 1.807) is 29.5 Å². The summed E-state index contributed by atoms with van der Waals surface area (Å²) in [6.45, 7) is 1.97. The van der Waals surface area contributed by atoms with E-state index in [-0.39, 0.29) is 11.0 Å². The summed E-state index contributed by atoms with van der Waals surface area (Å²) in [7, 11) is 0. The number of carbonyl (C=O) groups excluding carboxylic acids is 1. The van der Waals surface area contributed by atoms with E-state index in [9.17, 15) is 4.79 Å². The monoisotopic (exact) mass is 437 g/mol. The minimum absolute atomic E-state index is 0.216. The third-order valence-electron chi connectivity index (χ3n) is 4.29. The number of nitrogens with zero attached hydrogens (tertiary/aromatic N) is 1. The van der Waals surface area contributed by atoms with Crippen LogP contribution in [0.15, 0.2) is 66.7 Å². The van der Waals surface area contributed by atoms with E-state index in [0.29, 0.717) is 10.6 Å². The highest BCUT2D eigenvalue weighted by atomic mass is 35.5. The van der Waals surface area contributed by atoms with Crippen LogP contribution in [0.3, 0.4) is 0 Å². The molecule has 0 aliphatic heterocycles. The van der Waals surface area contributed by atoms with Gasteiger partial charge in [-0.1, -0.05) is 41.4 Å². The van der Waals surface area contributed by atoms with Crippen LogP contribution in [0.25, 0.3) is 20.8 Å². The fraction of sp³-hybridized carbons (Fsp3) is 0.0455. The first-order valence-electron chi connectivity index (χ1n) is 8.84. The summed E-state index contributed by atoms with van der Waals surface area (Å²) in [5.74, 6) is -0.261. The molecule has 1 heterocycles. The molecule has 0 saturated carbocycles. The predicted molar refractivity (Wildman–Crippen MR) is 125 cm³/mol. The molecule has 0 atom stereocenters. The third-order valence-corrected chi connectivity index (χ3v) is 5.89. The fourth-order valence-electron chi connectivity index (χ4n) is 2.80. The molecule has 2 N–H and O–H groups in total. The maximum absolute atomic E-state index is 12.3. The number of hydrogen-bond acceptors (Lipinski definition) is 4. The molecule has 0 unspecified atom stereocenters. The van der Waals surface area contributed by atoms with Gasteiger partial charge < -0.3 is 5.32 Å². The molecule has 4 aromatic rings. The van der Waals surface area contributed by atoms with E-state index < -0.39 is 0 Å². The van der Waals surface area contributed by atoms with Crippen molar-refractivity contribution in [3.8, 4) is 10.6 Å². The van der Waals surface area contributed by atoms with Crippen molar-refractivity contribution < 1.29 is 4.79 Å². The van der Waals surface area contributed by atoms with E-state index in [1.165, 1.54) is 0 Å². The third kappa shape index (κ3) is 4.45. The number of rotatable bonds is 3. The molecule has 1 aromatic heterocycles. The molecule has 4 rings (SSSR count). The van der Waals surface area contributed by atoms with Crippen LogP contribution in [-0.2, 0) is 0 Å². The molecule has 0 radical (unpaired) electrons. The first-order valence-corrected chi connectivity index (χ1v) is 10.4. The second-order valence-electron chi connectivity index (χ2n) is 6.46. The quantitative estimate of drug-likeness (QED) is 0.383. The average Bonchev–Trinajstić information content (AvgIpc) is 3.14. The maximum atomic E-state index is 12.3. The van der Waals surface area contributed by atoms with Crippen molar-refractivity contribution in [2.45, 2.75) is 6.92 Å². The molecule has 144 valence electrons. The molecule has 3 aromatic carbocycles. The van der Waals surface area contributed by atoms with Gasteiger partial charge in [0, 0.05) is 16.8 Å². The van der Waals surface area contributed by atoms with Crippen molar-refractivity contribution in [1.82, 2.24) is 10.3 Å². The number of thiazole rings is 1. The van der Waals surface area contributed by atoms with Gasteiger partial charge in [-0.3, -0.25) is 10.1 Å². The van der Waals surface area contributed by atoms with Crippen molar-refractivity contribution in [3.63, 3.8) is 0 Å². The van der Waals surface area contributed by atoms with Gasteiger partial charge >= 0.3 is 0 Å². The Bertz CT molecular complexity index is 1190. The van der Waals surface area contributed by atoms with Crippen molar-refractivity contribution >= 4 is 62.1 Å². The van der Waals surface area contributed by atoms with Crippen LogP contribution in [0.2, 0.25) is 5.02 Å². The Hall–Kier alpha value is -2.80. The maximum Gasteiger partial charge on any atom is 0.257 e. The molecule has 0 saturated heterocycles. The molecular formula is C22H16ClN3OS2. The van der Waals surface area contributed by atoms with Crippen LogP contribution in [0.4, 0.5) is 5.69 Å². The van der Waals surface area contributed by atoms with Gasteiger partial charge in [0.25, 0.3) is 5.91 Å². The van der Waals surface area contributed by atoms with Gasteiger partial charge in [-0.05, 0) is 61.6 Å². The summed E-state index contributed by atoms with van der Waals surface area (Å²) >= 11 is 13.3. The molecule has 0 spiro atoms. The lowest BCUT2D eigenvalue weighted by Crippen LogP contribution is -2.34. The van der Waals surface area contributed by atoms with Gasteiger partial charge in [0.05, 0.1) is 15.2 Å². The minimum Gasteiger partial charge on any atom is -0.332 e. The Balaban J connectivity index is 1.52. The van der Waals surface area contributed by atoms with E-state index in [4.69, 9.17) is 23.8 Å². The van der Waals surface area contributed by atoms with Crippen LogP contribution in [0.5, 0.6) is 0 Å². The Morgan fingerprint density at radius 1 is 1.07 bits per heavy atom. The van der Waals surface area contributed by atoms with Crippen LogP contribution in [-0.4, -0.2) is 16.0 Å². The molecule has 1 amide bonds. The Kier molecular flexibility index (Phi) is 5.58. The van der Waals surface area contributed by atoms with Crippen molar-refractivity contribution in [3.05, 3.63) is 82.9 Å². The van der Waals surface area contributed by atoms with Crippen LogP contribution >= 0.6 is 35.2 Å². The fourth-order valence-corrected chi connectivity index (χ4v) is 4.27. The molecule has 4 nitrogen and oxygen atoms in total. The number of fused-ring (bicyclic) bond motifs is 1. The number of anilines is 1. The Morgan fingerprint density at radius 3 is 2.59 bits per heavy atom. The summed E-state index contributed by atoms with van der Waals surface area (Å²) in [5, 5.41) is 7.38. The van der Waals surface area contributed by atoms with Gasteiger partial charge in [0.15, 0.2) is 5.11 Å². The predicted octanol–water partition coefficient (Wildman–Crippen LogP) is 6.05. The minimum atomic E-state index is -0.261. The van der Waals surface area contributed by atoms with Gasteiger partial charge in [-0.25, -0.2) is 4.98 Å². The number of nitrogens with one attached hydrogen (secondary N) is 2. The van der Waals surface area contributed by atoms with Crippen LogP contribution in [0, 0.1) is 6.92 Å². The molecule has 7 heteroatoms. The molecule has 0 fully saturated rings. The number of amides is 1. The molecular weight excluding hydrogens is 422 g/mol. The van der Waals surface area contributed by atoms with Crippen LogP contribution < -0.4 is 10.6 Å². The van der Waals surface area contributed by atoms with Crippen molar-refractivity contribution in [1.29, 1.82) is 0 Å². The van der Waals surface area contributed by atoms with Gasteiger partial charge in [0.2, 0.25) is 0 Å². The largest absolute Gasteiger partial charge is 0.332 e. The molecule has 29 heavy (non-hydrogen) atoms. The van der Waals surface area contributed by atoms with Crippen molar-refractivity contribution in [2.24, 2.45) is 0 Å². The van der Waals surface area contributed by atoms with Gasteiger partial charge in [-0.2, -0.15) is 0 Å². The zero-order chi connectivity index (χ0) is 20.4. The first-order chi connectivity index (χ1) is 14.0. The smallest absolute Gasteiger partial charge is 0.257 e. The van der Waals surface area contributed by atoms with E-state index in [2.05, 4.69) is 15.6 Å². The number of carbonyl (C=O) groups is 1. The zero-order valence-electron chi connectivity index (χ0n) is 15.4. The van der Waals surface area contributed by atoms with Gasteiger partial charge in [-0.15, -0.1) is 11.3 Å². The van der Waals surface area contributed by atoms with E-state index >= 15 is 0 Å². The summed E-state index contributed by atoms with van der Waals surface area (Å²) in [6.07, 6.45) is 0. The highest BCUT2D eigenvalue weighted by Gasteiger charge is 2.12. The van der Waals surface area contributed by atoms with E-state index in [0.717, 1.165) is 32.0 Å². The Morgan fingerprint density at radius 2 is 1.83 bits per heavy atom. The number of aryl methyl sites for hydroxylation is 1. The first kappa shape index (κ1) is 19.5. The average molecular weight is 438 g/mol. The summed E-state index contributed by atoms with van der Waals surface area (Å²) in [5.41, 5.74) is 4.10. The summed E-state index contributed by atoms with van der Waals surface area (Å²) in [6, 6.07) is 20.7. The summed E-state index contributed by atoms with van der Waals surface area (Å²) < 4.78 is 1.10. The standard InChI is InChI=1S/C22H16ClN3OS2/c1-13-6-8-14(9-7-13)20(27)26-22(28)24-15-10-11-17(23)16(12-15)21-25-18-4-2-3-5-19(18)29-21/h2-12H,1H3,(H2,24,26,27,28). The van der Waals surface area contributed by atoms with Gasteiger partial charge in [0.1, 0.15) is 5.01 Å². The second kappa shape index (κ2) is 8.29. The zero-order valence-corrected chi connectivity index (χ0v) is 17.8. The lowest BCUT2D eigenvalue weighted by Gasteiger charge is -2.11. The number of benzene rings is 3. The van der Waals surface area contributed by atoms with Crippen molar-refractivity contribution in [2.75, 3.05) is 5.32 Å². The lowest BCUT2D eigenvalue weighted by atomic mass is 10.1. The topological polar surface area (TPSA) is 54.0 Å². The Labute approximate surface area is 182 Å². The lowest BCUT2D eigenvalue weighted by molar-refractivity contribution is 0.0977. The SMILES string of the molecule is Cc1ccc(C(=O)NC(=S)Nc2ccc(Cl)c(-c3nc4ccccc4s3)c2)cc1. The number of hydrogen-bond donors (Lipinski definition) is 2. The summed E-state index contributed by atoms with van der Waals surface area (Å²) in [4.78, 5) is 17.0. The normalized spacial score (nSPS) is 10.7. The van der Waals surface area contributed by atoms with E-state index in [1.807, 2.05) is 55.5 Å². The number of halogens is 1. The highest BCUT2D eigenvalue weighted by molar-refractivity contribution is 7.80. The van der Waals surface area contributed by atoms with Crippen LogP contribution in [0.1, 0.15) is 15.9 Å². The molecule has 0 bridgehead atoms. The number of thiocarbonyl (C=S) groups is 1. The molecule has 0 aliphatic rings. The number of para-hydroxylation sites is 1.